The van der Waals surface area contributed by atoms with Gasteiger partial charge in [-0.15, -0.1) is 0 Å². The number of hydrogen-bond donors (Lipinski definition) is 2. The molecule has 1 aromatic carbocycles. The van der Waals surface area contributed by atoms with Crippen molar-refractivity contribution in [3.63, 3.8) is 0 Å². The number of aryl methyl sites for hydroxylation is 2. The Morgan fingerprint density at radius 3 is 2.62 bits per heavy atom. The van der Waals surface area contributed by atoms with Crippen LogP contribution in [0, 0.1) is 6.92 Å². The summed E-state index contributed by atoms with van der Waals surface area (Å²) in [5.74, 6) is -0.0249. The molecule has 142 valence electrons. The lowest BCUT2D eigenvalue weighted by atomic mass is 10.1. The number of likely N-dealkylation sites (tertiary alicyclic amines) is 1. The van der Waals surface area contributed by atoms with Gasteiger partial charge in [-0.1, -0.05) is 29.8 Å². The molecule has 6 heteroatoms. The minimum Gasteiger partial charge on any atom is -0.347 e. The smallest absolute Gasteiger partial charge is 0.242 e. The first-order chi connectivity index (χ1) is 12.6. The molecule has 0 aliphatic carbocycles. The molecule has 2 amide bonds. The van der Waals surface area contributed by atoms with Crippen LogP contribution in [0.5, 0.6) is 0 Å². The lowest BCUT2D eigenvalue weighted by Crippen LogP contribution is -2.49. The maximum atomic E-state index is 12.4. The molecule has 6 nitrogen and oxygen atoms in total. The molecule has 1 unspecified atom stereocenters. The molecule has 1 atom stereocenters. The van der Waals surface area contributed by atoms with Gasteiger partial charge in [-0.3, -0.25) is 14.5 Å². The van der Waals surface area contributed by atoms with Crippen molar-refractivity contribution in [1.29, 1.82) is 0 Å². The number of hydrogen-bond acceptors (Lipinski definition) is 4. The van der Waals surface area contributed by atoms with Crippen molar-refractivity contribution in [3.8, 4) is 0 Å². The van der Waals surface area contributed by atoms with Gasteiger partial charge in [-0.25, -0.2) is 0 Å². The standard InChI is InChI=1S/C20H30N4O2/c1-16-2-4-17(5-3-16)6-7-19(25)22-14-20(26)24-11-8-18(15-24)23-12-9-21-10-13-23/h2-5,18,21H,6-15H2,1H3,(H,22,25). The summed E-state index contributed by atoms with van der Waals surface area (Å²) < 4.78 is 0. The molecule has 2 heterocycles. The average Bonchev–Trinajstić information content (AvgIpc) is 3.17. The van der Waals surface area contributed by atoms with Gasteiger partial charge in [0.25, 0.3) is 0 Å². The van der Waals surface area contributed by atoms with Crippen LogP contribution in [-0.2, 0) is 16.0 Å². The van der Waals surface area contributed by atoms with Crippen LogP contribution in [0.2, 0.25) is 0 Å². The molecule has 0 radical (unpaired) electrons. The van der Waals surface area contributed by atoms with Crippen LogP contribution < -0.4 is 10.6 Å². The molecule has 0 spiro atoms. The van der Waals surface area contributed by atoms with E-state index in [4.69, 9.17) is 0 Å². The van der Waals surface area contributed by atoms with Gasteiger partial charge in [0.1, 0.15) is 0 Å². The summed E-state index contributed by atoms with van der Waals surface area (Å²) in [7, 11) is 0. The van der Waals surface area contributed by atoms with Crippen LogP contribution in [0.1, 0.15) is 24.0 Å². The van der Waals surface area contributed by atoms with Gasteiger partial charge in [0.15, 0.2) is 0 Å². The second-order valence-electron chi connectivity index (χ2n) is 7.33. The quantitative estimate of drug-likeness (QED) is 0.780. The fraction of sp³-hybridized carbons (Fsp3) is 0.600. The minimum atomic E-state index is -0.0585. The monoisotopic (exact) mass is 358 g/mol. The summed E-state index contributed by atoms with van der Waals surface area (Å²) in [4.78, 5) is 28.8. The van der Waals surface area contributed by atoms with E-state index < -0.39 is 0 Å². The molecule has 2 saturated heterocycles. The zero-order valence-corrected chi connectivity index (χ0v) is 15.7. The van der Waals surface area contributed by atoms with Gasteiger partial charge < -0.3 is 15.5 Å². The highest BCUT2D eigenvalue weighted by Crippen LogP contribution is 2.16. The molecule has 1 aromatic rings. The third-order valence-corrected chi connectivity index (χ3v) is 5.38. The second-order valence-corrected chi connectivity index (χ2v) is 7.33. The summed E-state index contributed by atoms with van der Waals surface area (Å²) in [6.07, 6.45) is 2.15. The van der Waals surface area contributed by atoms with E-state index >= 15 is 0 Å². The Bertz CT molecular complexity index is 611. The maximum absolute atomic E-state index is 12.4. The van der Waals surface area contributed by atoms with E-state index in [2.05, 4.69) is 27.7 Å². The predicted molar refractivity (Wildman–Crippen MR) is 102 cm³/mol. The third-order valence-electron chi connectivity index (χ3n) is 5.38. The number of carbonyl (C=O) groups is 2. The number of nitrogens with zero attached hydrogens (tertiary/aromatic N) is 2. The highest BCUT2D eigenvalue weighted by atomic mass is 16.2. The fourth-order valence-corrected chi connectivity index (χ4v) is 3.70. The topological polar surface area (TPSA) is 64.7 Å². The van der Waals surface area contributed by atoms with Crippen molar-refractivity contribution >= 4 is 11.8 Å². The molecule has 0 saturated carbocycles. The molecule has 26 heavy (non-hydrogen) atoms. The van der Waals surface area contributed by atoms with E-state index in [0.717, 1.165) is 51.3 Å². The lowest BCUT2D eigenvalue weighted by Gasteiger charge is -2.32. The number of benzene rings is 1. The average molecular weight is 358 g/mol. The molecular weight excluding hydrogens is 328 g/mol. The molecule has 0 bridgehead atoms. The van der Waals surface area contributed by atoms with Crippen LogP contribution in [0.15, 0.2) is 24.3 Å². The molecule has 2 N–H and O–H groups in total. The van der Waals surface area contributed by atoms with Gasteiger partial charge in [0.05, 0.1) is 6.54 Å². The molecule has 0 aromatic heterocycles. The number of rotatable bonds is 6. The Morgan fingerprint density at radius 2 is 1.88 bits per heavy atom. The third kappa shape index (κ3) is 5.29. The second kappa shape index (κ2) is 9.14. The maximum Gasteiger partial charge on any atom is 0.242 e. The van der Waals surface area contributed by atoms with E-state index in [1.807, 2.05) is 24.0 Å². The van der Waals surface area contributed by atoms with Crippen LogP contribution >= 0.6 is 0 Å². The highest BCUT2D eigenvalue weighted by molar-refractivity contribution is 5.85. The SMILES string of the molecule is Cc1ccc(CCC(=O)NCC(=O)N2CCC(N3CCNCC3)C2)cc1. The van der Waals surface area contributed by atoms with E-state index in [9.17, 15) is 9.59 Å². The van der Waals surface area contributed by atoms with Crippen molar-refractivity contribution < 1.29 is 9.59 Å². The van der Waals surface area contributed by atoms with Crippen molar-refractivity contribution in [2.75, 3.05) is 45.8 Å². The predicted octanol–water partition coefficient (Wildman–Crippen LogP) is 0.550. The largest absolute Gasteiger partial charge is 0.347 e. The van der Waals surface area contributed by atoms with Gasteiger partial charge in [0.2, 0.25) is 11.8 Å². The van der Waals surface area contributed by atoms with Crippen LogP contribution in [0.3, 0.4) is 0 Å². The highest BCUT2D eigenvalue weighted by Gasteiger charge is 2.30. The summed E-state index contributed by atoms with van der Waals surface area (Å²) >= 11 is 0. The zero-order valence-electron chi connectivity index (χ0n) is 15.7. The molecule has 2 aliphatic heterocycles. The first-order valence-electron chi connectivity index (χ1n) is 9.66. The lowest BCUT2D eigenvalue weighted by molar-refractivity contribution is -0.132. The Morgan fingerprint density at radius 1 is 1.15 bits per heavy atom. The summed E-state index contributed by atoms with van der Waals surface area (Å²) in [6.45, 7) is 7.92. The molecule has 2 fully saturated rings. The van der Waals surface area contributed by atoms with Gasteiger partial charge in [-0.05, 0) is 25.3 Å². The minimum absolute atomic E-state index is 0.0336. The summed E-state index contributed by atoms with van der Waals surface area (Å²) in [5, 5.41) is 6.14. The van der Waals surface area contributed by atoms with E-state index in [1.165, 1.54) is 5.56 Å². The molecular formula is C20H30N4O2. The van der Waals surface area contributed by atoms with Crippen molar-refractivity contribution in [1.82, 2.24) is 20.4 Å². The first-order valence-corrected chi connectivity index (χ1v) is 9.66. The summed E-state index contributed by atoms with van der Waals surface area (Å²) in [5.41, 5.74) is 2.36. The number of nitrogens with one attached hydrogen (secondary N) is 2. The Labute approximate surface area is 155 Å². The number of piperazine rings is 1. The Hall–Kier alpha value is -1.92. The van der Waals surface area contributed by atoms with Gasteiger partial charge in [-0.2, -0.15) is 0 Å². The van der Waals surface area contributed by atoms with Gasteiger partial charge in [0, 0.05) is 51.7 Å². The molecule has 3 rings (SSSR count). The zero-order chi connectivity index (χ0) is 18.4. The first kappa shape index (κ1) is 18.9. The summed E-state index contributed by atoms with van der Waals surface area (Å²) in [6, 6.07) is 8.68. The van der Waals surface area contributed by atoms with E-state index in [1.54, 1.807) is 0 Å². The Kier molecular flexibility index (Phi) is 6.63. The van der Waals surface area contributed by atoms with Crippen LogP contribution in [-0.4, -0.2) is 73.5 Å². The van der Waals surface area contributed by atoms with Gasteiger partial charge >= 0.3 is 0 Å². The van der Waals surface area contributed by atoms with Crippen LogP contribution in [0.25, 0.3) is 0 Å². The van der Waals surface area contributed by atoms with Crippen LogP contribution in [0.4, 0.5) is 0 Å². The molecule has 2 aliphatic rings. The number of carbonyl (C=O) groups excluding carboxylic acids is 2. The van der Waals surface area contributed by atoms with Crippen molar-refractivity contribution in [2.45, 2.75) is 32.2 Å². The number of amides is 2. The van der Waals surface area contributed by atoms with E-state index in [0.29, 0.717) is 18.9 Å². The normalized spacial score (nSPS) is 21.0. The fourth-order valence-electron chi connectivity index (χ4n) is 3.70. The van der Waals surface area contributed by atoms with Crippen molar-refractivity contribution in [3.05, 3.63) is 35.4 Å². The van der Waals surface area contributed by atoms with Crippen molar-refractivity contribution in [2.24, 2.45) is 0 Å². The Balaban J connectivity index is 1.35. The van der Waals surface area contributed by atoms with E-state index in [-0.39, 0.29) is 18.4 Å².